The van der Waals surface area contributed by atoms with Gasteiger partial charge in [-0.3, -0.25) is 9.55 Å². The zero-order valence-electron chi connectivity index (χ0n) is 28.1. The maximum absolute atomic E-state index is 11.2. The highest BCUT2D eigenvalue weighted by Gasteiger charge is 2.47. The first kappa shape index (κ1) is 29.9. The van der Waals surface area contributed by atoms with Crippen LogP contribution in [0.15, 0.2) is 91.3 Å². The fourth-order valence-corrected chi connectivity index (χ4v) is 7.23. The standard InChI is InChI=1S/C41H42N4O/c1-24(2)26-13-9-14-27(25(3)4)38(26)45-23-34(44-39(45)29-15-10-18-32-28(29)16-12-22-42-32)33-21-20-31-37(43-33)36-30(17-11-19-35(36)46)40(5,6)41(31,7)8/h9-25,46H,1-8H3. The van der Waals surface area contributed by atoms with Gasteiger partial charge in [0.15, 0.2) is 0 Å². The molecule has 1 N–H and O–H groups in total. The number of phenols is 1. The minimum atomic E-state index is -0.211. The number of fused-ring (bicyclic) bond motifs is 4. The minimum Gasteiger partial charge on any atom is -0.507 e. The summed E-state index contributed by atoms with van der Waals surface area (Å²) in [4.78, 5) is 15.4. The van der Waals surface area contributed by atoms with E-state index in [1.54, 1.807) is 6.07 Å². The Hall–Kier alpha value is -4.77. The van der Waals surface area contributed by atoms with Crippen LogP contribution in [0.4, 0.5) is 0 Å². The zero-order chi connectivity index (χ0) is 32.5. The molecule has 46 heavy (non-hydrogen) atoms. The number of pyridine rings is 2. The molecule has 5 nitrogen and oxygen atoms in total. The molecule has 0 fully saturated rings. The van der Waals surface area contributed by atoms with Gasteiger partial charge in [-0.15, -0.1) is 0 Å². The molecular weight excluding hydrogens is 564 g/mol. The average molecular weight is 607 g/mol. The van der Waals surface area contributed by atoms with Crippen molar-refractivity contribution >= 4 is 10.9 Å². The number of benzene rings is 3. The van der Waals surface area contributed by atoms with Gasteiger partial charge in [-0.25, -0.2) is 9.97 Å². The predicted molar refractivity (Wildman–Crippen MR) is 189 cm³/mol. The van der Waals surface area contributed by atoms with Crippen molar-refractivity contribution in [1.29, 1.82) is 0 Å². The number of nitrogens with zero attached hydrogens (tertiary/aromatic N) is 4. The Kier molecular flexibility index (Phi) is 6.93. The van der Waals surface area contributed by atoms with Crippen molar-refractivity contribution in [3.8, 4) is 45.5 Å². The van der Waals surface area contributed by atoms with Crippen LogP contribution in [0.5, 0.6) is 5.75 Å². The van der Waals surface area contributed by atoms with E-state index in [-0.39, 0.29) is 16.6 Å². The molecule has 0 spiro atoms. The molecule has 7 rings (SSSR count). The van der Waals surface area contributed by atoms with Crippen LogP contribution in [-0.2, 0) is 10.8 Å². The van der Waals surface area contributed by atoms with E-state index in [4.69, 9.17) is 9.97 Å². The molecular formula is C41H42N4O. The largest absolute Gasteiger partial charge is 0.507 e. The third-order valence-electron chi connectivity index (χ3n) is 10.5. The SMILES string of the molecule is CC(C)c1cccc(C(C)C)c1-n1cc(-c2ccc3c(n2)-c2c(O)cccc2C(C)(C)C3(C)C)nc1-c1cccc2ncccc12. The van der Waals surface area contributed by atoms with Gasteiger partial charge in [-0.2, -0.15) is 0 Å². The van der Waals surface area contributed by atoms with Crippen molar-refractivity contribution in [3.05, 3.63) is 114 Å². The van der Waals surface area contributed by atoms with E-state index in [0.29, 0.717) is 11.8 Å². The van der Waals surface area contributed by atoms with Crippen LogP contribution in [0.1, 0.15) is 89.5 Å². The summed E-state index contributed by atoms with van der Waals surface area (Å²) in [6.07, 6.45) is 3.98. The van der Waals surface area contributed by atoms with E-state index in [2.05, 4.69) is 126 Å². The molecule has 0 saturated heterocycles. The zero-order valence-corrected chi connectivity index (χ0v) is 28.1. The van der Waals surface area contributed by atoms with Gasteiger partial charge in [0.25, 0.3) is 0 Å². The normalized spacial score (nSPS) is 14.9. The fourth-order valence-electron chi connectivity index (χ4n) is 7.23. The molecule has 0 atom stereocenters. The highest BCUT2D eigenvalue weighted by Crippen LogP contribution is 2.55. The molecule has 0 radical (unpaired) electrons. The van der Waals surface area contributed by atoms with E-state index >= 15 is 0 Å². The fraction of sp³-hybridized carbons (Fsp3) is 0.293. The molecule has 1 aliphatic carbocycles. The first-order valence-electron chi connectivity index (χ1n) is 16.3. The summed E-state index contributed by atoms with van der Waals surface area (Å²) in [5, 5.41) is 12.3. The molecule has 0 amide bonds. The van der Waals surface area contributed by atoms with Gasteiger partial charge in [-0.1, -0.05) is 110 Å². The van der Waals surface area contributed by atoms with Crippen LogP contribution in [0, 0.1) is 0 Å². The molecule has 3 aromatic carbocycles. The molecule has 6 aromatic rings. The monoisotopic (exact) mass is 606 g/mol. The molecule has 3 aromatic heterocycles. The van der Waals surface area contributed by atoms with E-state index < -0.39 is 0 Å². The average Bonchev–Trinajstić information content (AvgIpc) is 3.48. The number of aromatic hydroxyl groups is 1. The Bertz CT molecular complexity index is 2100. The summed E-state index contributed by atoms with van der Waals surface area (Å²) in [5.74, 6) is 1.74. The van der Waals surface area contributed by atoms with Crippen LogP contribution >= 0.6 is 0 Å². The molecule has 0 saturated carbocycles. The summed E-state index contributed by atoms with van der Waals surface area (Å²) < 4.78 is 2.28. The van der Waals surface area contributed by atoms with Crippen molar-refractivity contribution < 1.29 is 5.11 Å². The number of phenolic OH excluding ortho intramolecular Hbond substituents is 1. The van der Waals surface area contributed by atoms with Gasteiger partial charge < -0.3 is 5.11 Å². The Morgan fingerprint density at radius 2 is 1.35 bits per heavy atom. The van der Waals surface area contributed by atoms with Crippen molar-refractivity contribution in [2.45, 2.75) is 78.1 Å². The van der Waals surface area contributed by atoms with Gasteiger partial charge in [-0.05, 0) is 63.8 Å². The number of rotatable bonds is 5. The van der Waals surface area contributed by atoms with Gasteiger partial charge in [0, 0.05) is 34.3 Å². The van der Waals surface area contributed by atoms with Gasteiger partial charge in [0.2, 0.25) is 0 Å². The minimum absolute atomic E-state index is 0.206. The second-order valence-corrected chi connectivity index (χ2v) is 14.3. The lowest BCUT2D eigenvalue weighted by Crippen LogP contribution is -2.43. The lowest BCUT2D eigenvalue weighted by molar-refractivity contribution is 0.296. The van der Waals surface area contributed by atoms with Gasteiger partial charge in [0.1, 0.15) is 17.3 Å². The second-order valence-electron chi connectivity index (χ2n) is 14.3. The molecule has 1 aliphatic rings. The topological polar surface area (TPSA) is 63.8 Å². The molecule has 232 valence electrons. The number of aromatic nitrogens is 4. The van der Waals surface area contributed by atoms with Crippen molar-refractivity contribution in [1.82, 2.24) is 19.5 Å². The van der Waals surface area contributed by atoms with Crippen LogP contribution in [-0.4, -0.2) is 24.6 Å². The van der Waals surface area contributed by atoms with E-state index in [1.807, 2.05) is 24.4 Å². The van der Waals surface area contributed by atoms with Crippen LogP contribution in [0.2, 0.25) is 0 Å². The summed E-state index contributed by atoms with van der Waals surface area (Å²) >= 11 is 0. The van der Waals surface area contributed by atoms with Gasteiger partial charge in [0.05, 0.1) is 22.6 Å². The molecule has 0 bridgehead atoms. The quantitative estimate of drug-likeness (QED) is 0.212. The summed E-state index contributed by atoms with van der Waals surface area (Å²) in [5.41, 5.74) is 10.7. The lowest BCUT2D eigenvalue weighted by Gasteiger charge is -2.47. The Balaban J connectivity index is 1.53. The second kappa shape index (κ2) is 10.7. The first-order valence-corrected chi connectivity index (χ1v) is 16.3. The van der Waals surface area contributed by atoms with Crippen molar-refractivity contribution in [2.24, 2.45) is 0 Å². The third kappa shape index (κ3) is 4.39. The Morgan fingerprint density at radius 1 is 0.674 bits per heavy atom. The number of hydrogen-bond acceptors (Lipinski definition) is 4. The smallest absolute Gasteiger partial charge is 0.146 e. The van der Waals surface area contributed by atoms with Crippen molar-refractivity contribution in [3.63, 3.8) is 0 Å². The number of imidazole rings is 1. The van der Waals surface area contributed by atoms with Crippen LogP contribution < -0.4 is 0 Å². The van der Waals surface area contributed by atoms with Gasteiger partial charge >= 0.3 is 0 Å². The predicted octanol–water partition coefficient (Wildman–Crippen LogP) is 10.3. The highest BCUT2D eigenvalue weighted by molar-refractivity contribution is 5.93. The molecule has 5 heteroatoms. The molecule has 0 aliphatic heterocycles. The summed E-state index contributed by atoms with van der Waals surface area (Å²) in [6, 6.07) is 27.1. The lowest BCUT2D eigenvalue weighted by atomic mass is 9.56. The Labute approximate surface area is 272 Å². The maximum Gasteiger partial charge on any atom is 0.146 e. The summed E-state index contributed by atoms with van der Waals surface area (Å²) in [6.45, 7) is 18.1. The number of para-hydroxylation sites is 1. The highest BCUT2D eigenvalue weighted by atomic mass is 16.3. The number of hydrogen-bond donors (Lipinski definition) is 1. The van der Waals surface area contributed by atoms with E-state index in [1.165, 1.54) is 16.8 Å². The van der Waals surface area contributed by atoms with Crippen LogP contribution in [0.25, 0.3) is 50.6 Å². The third-order valence-corrected chi connectivity index (χ3v) is 10.5. The molecule has 0 unspecified atom stereocenters. The molecule has 3 heterocycles. The first-order chi connectivity index (χ1) is 21.9. The van der Waals surface area contributed by atoms with E-state index in [9.17, 15) is 5.11 Å². The Morgan fingerprint density at radius 3 is 2.07 bits per heavy atom. The summed E-state index contributed by atoms with van der Waals surface area (Å²) in [7, 11) is 0. The van der Waals surface area contributed by atoms with Crippen LogP contribution in [0.3, 0.4) is 0 Å². The van der Waals surface area contributed by atoms with Crippen molar-refractivity contribution in [2.75, 3.05) is 0 Å². The van der Waals surface area contributed by atoms with E-state index in [0.717, 1.165) is 56.1 Å². The maximum atomic E-state index is 11.2.